The molecule has 0 bridgehead atoms. The van der Waals surface area contributed by atoms with Crippen LogP contribution in [0.2, 0.25) is 0 Å². The van der Waals surface area contributed by atoms with Gasteiger partial charge in [-0.3, -0.25) is 14.5 Å². The number of hydrogen-bond donors (Lipinski definition) is 1. The summed E-state index contributed by atoms with van der Waals surface area (Å²) in [5.74, 6) is -2.99. The molecule has 24 heavy (non-hydrogen) atoms. The summed E-state index contributed by atoms with van der Waals surface area (Å²) in [6.45, 7) is -0.829. The average Bonchev–Trinajstić information content (AvgIpc) is 2.57. The van der Waals surface area contributed by atoms with E-state index in [0.29, 0.717) is 16.0 Å². The van der Waals surface area contributed by atoms with Crippen molar-refractivity contribution in [3.8, 4) is 5.75 Å². The second-order valence-electron chi connectivity index (χ2n) is 5.23. The van der Waals surface area contributed by atoms with Gasteiger partial charge in [0, 0.05) is 16.7 Å². The van der Waals surface area contributed by atoms with Crippen LogP contribution in [-0.4, -0.2) is 34.3 Å². The number of imide groups is 1. The van der Waals surface area contributed by atoms with Crippen molar-refractivity contribution in [2.24, 2.45) is 0 Å². The molecule has 1 aliphatic heterocycles. The highest BCUT2D eigenvalue weighted by molar-refractivity contribution is 6.34. The van der Waals surface area contributed by atoms with E-state index in [9.17, 15) is 24.6 Å². The Balaban J connectivity index is 2.18. The maximum Gasteiger partial charge on any atom is 0.261 e. The third kappa shape index (κ3) is 2.65. The lowest BCUT2D eigenvalue weighted by atomic mass is 9.92. The molecule has 0 aliphatic carbocycles. The number of carbonyl (C=O) groups is 3. The normalized spacial score (nSPS) is 15.5. The molecule has 1 N–H and O–H groups in total. The fraction of sp³-hybridized carbons (Fsp3) is 0.0556. The number of rotatable bonds is 3. The summed E-state index contributed by atoms with van der Waals surface area (Å²) in [7, 11) is 0. The van der Waals surface area contributed by atoms with Crippen molar-refractivity contribution in [2.75, 3.05) is 6.54 Å². The first-order chi connectivity index (χ1) is 11.5. The van der Waals surface area contributed by atoms with Gasteiger partial charge in [0.05, 0.1) is 12.5 Å². The van der Waals surface area contributed by atoms with Crippen molar-refractivity contribution in [1.82, 2.24) is 4.90 Å². The fourth-order valence-corrected chi connectivity index (χ4v) is 2.58. The van der Waals surface area contributed by atoms with Crippen LogP contribution < -0.4 is 5.11 Å². The monoisotopic (exact) mass is 322 g/mol. The quantitative estimate of drug-likeness (QED) is 0.661. The number of carbonyl (C=O) groups excluding carboxylic acids is 3. The van der Waals surface area contributed by atoms with E-state index in [1.54, 1.807) is 36.4 Å². The molecule has 0 fully saturated rings. The molecule has 2 aromatic carbocycles. The smallest absolute Gasteiger partial charge is 0.261 e. The van der Waals surface area contributed by atoms with E-state index >= 15 is 0 Å². The van der Waals surface area contributed by atoms with E-state index in [-0.39, 0.29) is 16.9 Å². The number of hydrogen-bond acceptors (Lipinski definition) is 5. The number of amides is 2. The molecule has 120 valence electrons. The predicted octanol–water partition coefficient (Wildman–Crippen LogP) is 0.665. The Kier molecular flexibility index (Phi) is 3.87. The van der Waals surface area contributed by atoms with Gasteiger partial charge < -0.3 is 15.0 Å². The Morgan fingerprint density at radius 2 is 1.62 bits per heavy atom. The summed E-state index contributed by atoms with van der Waals surface area (Å²) in [4.78, 5) is 36.5. The molecule has 1 aliphatic rings. The topological polar surface area (TPSA) is 97.7 Å². The first-order valence-corrected chi connectivity index (χ1v) is 7.14. The van der Waals surface area contributed by atoms with Crippen LogP contribution >= 0.6 is 0 Å². The van der Waals surface area contributed by atoms with Crippen LogP contribution in [0, 0.1) is 0 Å². The van der Waals surface area contributed by atoms with E-state index in [0.717, 1.165) is 0 Å². The van der Waals surface area contributed by atoms with Gasteiger partial charge in [0.25, 0.3) is 11.8 Å². The molecule has 0 aromatic heterocycles. The van der Waals surface area contributed by atoms with Gasteiger partial charge in [-0.05, 0) is 23.8 Å². The number of para-hydroxylation sites is 1. The maximum atomic E-state index is 12.6. The number of phenols is 1. The molecule has 1 heterocycles. The number of aliphatic carboxylic acids is 1. The second-order valence-corrected chi connectivity index (χ2v) is 5.23. The fourth-order valence-electron chi connectivity index (χ4n) is 2.58. The second kappa shape index (κ2) is 6.00. The van der Waals surface area contributed by atoms with E-state index in [1.807, 2.05) is 0 Å². The van der Waals surface area contributed by atoms with Gasteiger partial charge >= 0.3 is 0 Å². The molecule has 6 nitrogen and oxygen atoms in total. The molecule has 0 saturated carbocycles. The summed E-state index contributed by atoms with van der Waals surface area (Å²) in [6, 6.07) is 12.8. The number of fused-ring (bicyclic) bond motifs is 1. The number of aromatic hydroxyl groups is 1. The lowest BCUT2D eigenvalue weighted by Crippen LogP contribution is -2.47. The zero-order valence-corrected chi connectivity index (χ0v) is 12.4. The predicted molar refractivity (Wildman–Crippen MR) is 83.5 cm³/mol. The Bertz CT molecular complexity index is 884. The minimum Gasteiger partial charge on any atom is -0.548 e. The van der Waals surface area contributed by atoms with E-state index < -0.39 is 24.3 Å². The van der Waals surface area contributed by atoms with E-state index in [4.69, 9.17) is 0 Å². The van der Waals surface area contributed by atoms with Gasteiger partial charge in [0.1, 0.15) is 5.75 Å². The minimum absolute atomic E-state index is 0.0290. The van der Waals surface area contributed by atoms with Gasteiger partial charge in [0.15, 0.2) is 0 Å². The van der Waals surface area contributed by atoms with E-state index in [1.165, 1.54) is 18.2 Å². The highest BCUT2D eigenvalue weighted by Gasteiger charge is 2.34. The number of phenolic OH excluding ortho intramolecular Hbond substituents is 1. The lowest BCUT2D eigenvalue weighted by molar-refractivity contribution is -0.305. The molecule has 0 spiro atoms. The summed E-state index contributed by atoms with van der Waals surface area (Å²) >= 11 is 0. The molecule has 0 radical (unpaired) electrons. The van der Waals surface area contributed by atoms with Crippen molar-refractivity contribution in [3.63, 3.8) is 0 Å². The first-order valence-electron chi connectivity index (χ1n) is 7.14. The van der Waals surface area contributed by atoms with Gasteiger partial charge in [-0.2, -0.15) is 0 Å². The number of nitrogens with zero attached hydrogens (tertiary/aromatic N) is 1. The summed E-state index contributed by atoms with van der Waals surface area (Å²) in [5.41, 5.74) is 1.14. The van der Waals surface area contributed by atoms with Crippen LogP contribution in [0.25, 0.3) is 11.6 Å². The lowest BCUT2D eigenvalue weighted by Gasteiger charge is -2.28. The Labute approximate surface area is 137 Å². The van der Waals surface area contributed by atoms with Crippen molar-refractivity contribution in [1.29, 1.82) is 0 Å². The van der Waals surface area contributed by atoms with Crippen molar-refractivity contribution in [3.05, 3.63) is 65.2 Å². The van der Waals surface area contributed by atoms with Gasteiger partial charge in [0.2, 0.25) is 0 Å². The highest BCUT2D eigenvalue weighted by Crippen LogP contribution is 2.31. The highest BCUT2D eigenvalue weighted by atomic mass is 16.4. The molecule has 2 aromatic rings. The van der Waals surface area contributed by atoms with Crippen molar-refractivity contribution in [2.45, 2.75) is 0 Å². The van der Waals surface area contributed by atoms with Crippen molar-refractivity contribution >= 4 is 29.4 Å². The van der Waals surface area contributed by atoms with Crippen LogP contribution in [0.5, 0.6) is 5.75 Å². The molecule has 0 atom stereocenters. The van der Waals surface area contributed by atoms with E-state index in [2.05, 4.69) is 0 Å². The first kappa shape index (κ1) is 15.5. The zero-order valence-electron chi connectivity index (χ0n) is 12.4. The molecular formula is C18H12NO5-. The summed E-state index contributed by atoms with van der Waals surface area (Å²) in [5, 5.41) is 20.8. The van der Waals surface area contributed by atoms with Crippen molar-refractivity contribution < 1.29 is 24.6 Å². The van der Waals surface area contributed by atoms with Gasteiger partial charge in [-0.1, -0.05) is 36.4 Å². The summed E-state index contributed by atoms with van der Waals surface area (Å²) < 4.78 is 0. The standard InChI is InChI=1S/C18H13NO5/c20-15-8-4-1-5-11(15)9-14-12-6-2-3-7-13(12)17(23)19(18(14)24)10-16(21)22/h1-9,20H,10H2,(H,21,22)/p-1/b14-9-. The Morgan fingerprint density at radius 3 is 2.29 bits per heavy atom. The number of carboxylic acid groups (broad SMARTS) is 1. The average molecular weight is 322 g/mol. The van der Waals surface area contributed by atoms with Crippen LogP contribution in [0.1, 0.15) is 21.5 Å². The molecule has 3 rings (SSSR count). The van der Waals surface area contributed by atoms with Crippen LogP contribution in [0.4, 0.5) is 0 Å². The van der Waals surface area contributed by atoms with Crippen LogP contribution in [-0.2, 0) is 9.59 Å². The molecule has 2 amide bonds. The largest absolute Gasteiger partial charge is 0.548 e. The molecule has 0 saturated heterocycles. The van der Waals surface area contributed by atoms with Crippen LogP contribution in [0.15, 0.2) is 48.5 Å². The summed E-state index contributed by atoms with van der Waals surface area (Å²) in [6.07, 6.45) is 1.44. The SMILES string of the molecule is O=C([O-])CN1C(=O)/C(=C\c2ccccc2O)c2ccccc2C1=O. The number of benzene rings is 2. The maximum absolute atomic E-state index is 12.6. The molecule has 6 heteroatoms. The third-order valence-electron chi connectivity index (χ3n) is 3.69. The van der Waals surface area contributed by atoms with Gasteiger partial charge in [-0.25, -0.2) is 0 Å². The molecular weight excluding hydrogens is 310 g/mol. The Hall–Kier alpha value is -3.41. The molecule has 0 unspecified atom stereocenters. The zero-order chi connectivity index (χ0) is 17.3. The van der Waals surface area contributed by atoms with Crippen LogP contribution in [0.3, 0.4) is 0 Å². The minimum atomic E-state index is -1.53. The van der Waals surface area contributed by atoms with Gasteiger partial charge in [-0.15, -0.1) is 0 Å². The number of carboxylic acids is 1. The third-order valence-corrected chi connectivity index (χ3v) is 3.69. The Morgan fingerprint density at radius 1 is 1.00 bits per heavy atom.